The lowest BCUT2D eigenvalue weighted by atomic mass is 9.96. The van der Waals surface area contributed by atoms with Gasteiger partial charge in [0.25, 0.3) is 0 Å². The minimum absolute atomic E-state index is 0.259. The van der Waals surface area contributed by atoms with Crippen LogP contribution in [-0.4, -0.2) is 75.7 Å². The predicted octanol–water partition coefficient (Wildman–Crippen LogP) is -0.415. The van der Waals surface area contributed by atoms with Crippen LogP contribution < -0.4 is 5.32 Å². The summed E-state index contributed by atoms with van der Waals surface area (Å²) >= 11 is 0. The zero-order chi connectivity index (χ0) is 20.4. The summed E-state index contributed by atoms with van der Waals surface area (Å²) in [5.74, 6) is -1.27. The quantitative estimate of drug-likeness (QED) is 0.236. The van der Waals surface area contributed by atoms with E-state index in [4.69, 9.17) is 9.47 Å². The third kappa shape index (κ3) is 8.10. The molecule has 9 heteroatoms. The number of rotatable bonds is 11. The van der Waals surface area contributed by atoms with Crippen molar-refractivity contribution in [1.29, 1.82) is 0 Å². The summed E-state index contributed by atoms with van der Waals surface area (Å²) in [6.45, 7) is 2.72. The Labute approximate surface area is 159 Å². The molecule has 1 rings (SSSR count). The maximum Gasteiger partial charge on any atom is 0.308 e. The molecule has 1 aliphatic rings. The second-order valence-corrected chi connectivity index (χ2v) is 6.98. The van der Waals surface area contributed by atoms with Gasteiger partial charge in [-0.3, -0.25) is 9.59 Å². The van der Waals surface area contributed by atoms with Crippen molar-refractivity contribution < 1.29 is 39.5 Å². The summed E-state index contributed by atoms with van der Waals surface area (Å²) in [5, 5.41) is 41.8. The van der Waals surface area contributed by atoms with E-state index >= 15 is 0 Å². The van der Waals surface area contributed by atoms with Gasteiger partial charge in [-0.05, 0) is 6.42 Å². The fourth-order valence-electron chi connectivity index (χ4n) is 3.09. The fourth-order valence-corrected chi connectivity index (χ4v) is 3.09. The largest absolute Gasteiger partial charge is 0.457 e. The van der Waals surface area contributed by atoms with E-state index in [2.05, 4.69) is 12.2 Å². The second kappa shape index (κ2) is 12.2. The highest BCUT2D eigenvalue weighted by Gasteiger charge is 2.47. The first-order chi connectivity index (χ1) is 12.8. The number of carbonyl (C=O) groups excluding carboxylic acids is 2. The van der Waals surface area contributed by atoms with Crippen molar-refractivity contribution in [2.45, 2.75) is 95.5 Å². The average Bonchev–Trinajstić information content (AvgIpc) is 2.60. The van der Waals surface area contributed by atoms with Gasteiger partial charge in [0.15, 0.2) is 12.4 Å². The Bertz CT molecular complexity index is 461. The van der Waals surface area contributed by atoms with Crippen LogP contribution in [0.2, 0.25) is 0 Å². The molecule has 0 aromatic carbocycles. The molecule has 158 valence electrons. The van der Waals surface area contributed by atoms with Crippen LogP contribution in [0.5, 0.6) is 0 Å². The molecule has 1 aliphatic heterocycles. The lowest BCUT2D eigenvalue weighted by Gasteiger charge is -2.42. The minimum atomic E-state index is -1.56. The molecule has 1 fully saturated rings. The first-order valence-electron chi connectivity index (χ1n) is 9.57. The Hall–Kier alpha value is -1.26. The van der Waals surface area contributed by atoms with E-state index in [1.54, 1.807) is 0 Å². The fraction of sp³-hybridized carbons (Fsp3) is 0.889. The van der Waals surface area contributed by atoms with Gasteiger partial charge in [0.05, 0.1) is 19.1 Å². The van der Waals surface area contributed by atoms with E-state index in [0.717, 1.165) is 32.1 Å². The molecule has 0 aromatic rings. The highest BCUT2D eigenvalue weighted by Crippen LogP contribution is 2.23. The molecular formula is C18H33NO8. The van der Waals surface area contributed by atoms with E-state index in [1.807, 2.05) is 0 Å². The summed E-state index contributed by atoms with van der Waals surface area (Å²) in [6.07, 6.45) is -1.00. The Morgan fingerprint density at radius 2 is 1.85 bits per heavy atom. The lowest BCUT2D eigenvalue weighted by Crippen LogP contribution is -2.65. The molecule has 27 heavy (non-hydrogen) atoms. The van der Waals surface area contributed by atoms with Crippen LogP contribution in [0.15, 0.2) is 0 Å². The number of ether oxygens (including phenoxy) is 2. The van der Waals surface area contributed by atoms with Crippen LogP contribution in [0.1, 0.15) is 58.8 Å². The van der Waals surface area contributed by atoms with Crippen molar-refractivity contribution in [2.75, 3.05) is 6.61 Å². The molecule has 1 amide bonds. The van der Waals surface area contributed by atoms with Gasteiger partial charge in [0.2, 0.25) is 5.91 Å². The molecule has 0 aliphatic carbocycles. The lowest BCUT2D eigenvalue weighted by molar-refractivity contribution is -0.259. The smallest absolute Gasteiger partial charge is 0.308 e. The molecule has 1 saturated heterocycles. The van der Waals surface area contributed by atoms with Gasteiger partial charge in [-0.1, -0.05) is 39.0 Å². The standard InChI is InChI=1S/C18H33NO8/c1-3-4-5-6-7-8-12(22)9-14(23)27-17-15(19-11(2)21)18(25)26-13(10-20)16(17)24/h12-13,15-18,20,22,24-25H,3-10H2,1-2H3,(H,19,21)/t12-,13-,15-,16-,17-,18?/m1/s1. The van der Waals surface area contributed by atoms with Gasteiger partial charge in [0.1, 0.15) is 18.2 Å². The number of nitrogens with one attached hydrogen (secondary N) is 1. The number of esters is 1. The summed E-state index contributed by atoms with van der Waals surface area (Å²) in [5.41, 5.74) is 0. The van der Waals surface area contributed by atoms with Crippen LogP contribution >= 0.6 is 0 Å². The topological polar surface area (TPSA) is 146 Å². The summed E-state index contributed by atoms with van der Waals surface area (Å²) in [6, 6.07) is -1.18. The predicted molar refractivity (Wildman–Crippen MR) is 95.5 cm³/mol. The maximum absolute atomic E-state index is 12.1. The highest BCUT2D eigenvalue weighted by atomic mass is 16.6. The van der Waals surface area contributed by atoms with Crippen LogP contribution in [0, 0.1) is 0 Å². The maximum atomic E-state index is 12.1. The van der Waals surface area contributed by atoms with Gasteiger partial charge < -0.3 is 35.2 Å². The number of aliphatic hydroxyl groups is 4. The number of amides is 1. The SMILES string of the molecule is CCCCCCC[C@@H](O)CC(=O)O[C@H]1[C@H](O)[C@@H](CO)OC(O)[C@@H]1NC(C)=O. The number of aliphatic hydroxyl groups excluding tert-OH is 4. The highest BCUT2D eigenvalue weighted by molar-refractivity contribution is 5.73. The van der Waals surface area contributed by atoms with Crippen molar-refractivity contribution >= 4 is 11.9 Å². The van der Waals surface area contributed by atoms with E-state index in [0.29, 0.717) is 6.42 Å². The molecule has 0 saturated carbocycles. The molecule has 1 unspecified atom stereocenters. The molecule has 6 atom stereocenters. The molecule has 0 spiro atoms. The van der Waals surface area contributed by atoms with Gasteiger partial charge >= 0.3 is 5.97 Å². The molecular weight excluding hydrogens is 358 g/mol. The Balaban J connectivity index is 2.59. The van der Waals surface area contributed by atoms with Crippen molar-refractivity contribution in [1.82, 2.24) is 5.32 Å². The van der Waals surface area contributed by atoms with Crippen molar-refractivity contribution in [3.63, 3.8) is 0 Å². The van der Waals surface area contributed by atoms with E-state index in [9.17, 15) is 30.0 Å². The Morgan fingerprint density at radius 3 is 2.44 bits per heavy atom. The number of unbranched alkanes of at least 4 members (excludes halogenated alkanes) is 4. The van der Waals surface area contributed by atoms with Gasteiger partial charge in [0, 0.05) is 6.92 Å². The number of carbonyl (C=O) groups is 2. The van der Waals surface area contributed by atoms with Gasteiger partial charge in [-0.25, -0.2) is 0 Å². The third-order valence-corrected chi connectivity index (χ3v) is 4.55. The average molecular weight is 391 g/mol. The minimum Gasteiger partial charge on any atom is -0.457 e. The van der Waals surface area contributed by atoms with E-state index in [1.165, 1.54) is 6.92 Å². The van der Waals surface area contributed by atoms with Crippen LogP contribution in [0.4, 0.5) is 0 Å². The molecule has 0 bridgehead atoms. The molecule has 9 nitrogen and oxygen atoms in total. The van der Waals surface area contributed by atoms with Crippen LogP contribution in [0.3, 0.4) is 0 Å². The van der Waals surface area contributed by atoms with Crippen molar-refractivity contribution in [3.05, 3.63) is 0 Å². The number of hydrogen-bond acceptors (Lipinski definition) is 8. The Morgan fingerprint density at radius 1 is 1.19 bits per heavy atom. The molecule has 5 N–H and O–H groups in total. The summed E-state index contributed by atoms with van der Waals surface area (Å²) in [7, 11) is 0. The number of hydrogen-bond donors (Lipinski definition) is 5. The zero-order valence-corrected chi connectivity index (χ0v) is 16.0. The normalized spacial score (nSPS) is 29.2. The zero-order valence-electron chi connectivity index (χ0n) is 16.0. The summed E-state index contributed by atoms with van der Waals surface area (Å²) < 4.78 is 10.3. The monoisotopic (exact) mass is 391 g/mol. The molecule has 0 radical (unpaired) electrons. The summed E-state index contributed by atoms with van der Waals surface area (Å²) in [4.78, 5) is 23.5. The second-order valence-electron chi connectivity index (χ2n) is 6.98. The van der Waals surface area contributed by atoms with Crippen LogP contribution in [0.25, 0.3) is 0 Å². The third-order valence-electron chi connectivity index (χ3n) is 4.55. The van der Waals surface area contributed by atoms with Gasteiger partial charge in [-0.15, -0.1) is 0 Å². The van der Waals surface area contributed by atoms with Crippen molar-refractivity contribution in [2.24, 2.45) is 0 Å². The van der Waals surface area contributed by atoms with Gasteiger partial charge in [-0.2, -0.15) is 0 Å². The first-order valence-corrected chi connectivity index (χ1v) is 9.57. The Kier molecular flexibility index (Phi) is 10.8. The molecule has 0 aromatic heterocycles. The van der Waals surface area contributed by atoms with E-state index < -0.39 is 55.2 Å². The van der Waals surface area contributed by atoms with E-state index in [-0.39, 0.29) is 6.42 Å². The molecule has 1 heterocycles. The van der Waals surface area contributed by atoms with Crippen LogP contribution in [-0.2, 0) is 19.1 Å². The van der Waals surface area contributed by atoms with Crippen molar-refractivity contribution in [3.8, 4) is 0 Å². The first kappa shape index (κ1) is 23.8.